The van der Waals surface area contributed by atoms with Gasteiger partial charge in [-0.15, -0.1) is 0 Å². The van der Waals surface area contributed by atoms with Crippen LogP contribution in [0.2, 0.25) is 10.0 Å². The van der Waals surface area contributed by atoms with Crippen LogP contribution in [-0.4, -0.2) is 17.8 Å². The maximum Gasteiger partial charge on any atom is 0.363 e. The molecule has 0 saturated heterocycles. The fraction of sp³-hybridized carbons (Fsp3) is 0.111. The van der Waals surface area contributed by atoms with Gasteiger partial charge in [0.2, 0.25) is 0 Å². The first-order valence-electron chi connectivity index (χ1n) is 7.61. The molecule has 1 aromatic heterocycles. The third-order valence-corrected chi connectivity index (χ3v) is 4.72. The van der Waals surface area contributed by atoms with Crippen LogP contribution < -0.4 is 4.43 Å². The lowest BCUT2D eigenvalue weighted by atomic mass is 10.1. The summed E-state index contributed by atoms with van der Waals surface area (Å²) >= 11 is 11.9. The Morgan fingerprint density at radius 3 is 2.48 bits per heavy atom. The summed E-state index contributed by atoms with van der Waals surface area (Å²) in [5.41, 5.74) is 0.411. The summed E-state index contributed by atoms with van der Waals surface area (Å²) in [4.78, 5) is 24.0. The molecule has 0 aliphatic carbocycles. The summed E-state index contributed by atoms with van der Waals surface area (Å²) in [5, 5.41) is 22.5. The fourth-order valence-corrected chi connectivity index (χ4v) is 2.97. The molecule has 0 N–H and O–H groups in total. The minimum atomic E-state index is -0.408. The molecule has 0 radical (unpaired) electrons. The van der Waals surface area contributed by atoms with E-state index in [1.165, 1.54) is 19.2 Å². The van der Waals surface area contributed by atoms with Gasteiger partial charge in [-0.25, -0.2) is 0 Å². The van der Waals surface area contributed by atoms with Gasteiger partial charge in [-0.1, -0.05) is 47.5 Å². The molecule has 136 valence electrons. The van der Waals surface area contributed by atoms with Crippen LogP contribution in [0.4, 0.5) is 0 Å². The van der Waals surface area contributed by atoms with Crippen LogP contribution in [-0.2, 0) is 16.0 Å². The van der Waals surface area contributed by atoms with E-state index in [0.717, 1.165) is 0 Å². The predicted molar refractivity (Wildman–Crippen MR) is 100.0 cm³/mol. The second kappa shape index (κ2) is 7.27. The van der Waals surface area contributed by atoms with Crippen molar-refractivity contribution in [3.05, 3.63) is 67.8 Å². The number of carbonyl (C=O) groups is 1. The molecule has 9 heteroatoms. The highest BCUT2D eigenvalue weighted by Gasteiger charge is 2.24. The zero-order chi connectivity index (χ0) is 19.7. The summed E-state index contributed by atoms with van der Waals surface area (Å²) in [6, 6.07) is 10.6. The number of carbonyl (C=O) groups excluding carboxylic acids is 1. The van der Waals surface area contributed by atoms with Crippen molar-refractivity contribution in [1.29, 1.82) is 5.26 Å². The lowest BCUT2D eigenvalue weighted by molar-refractivity contribution is -0.467. The molecular weight excluding hydrogens is 393 g/mol. The third kappa shape index (κ3) is 3.33. The Morgan fingerprint density at radius 1 is 1.26 bits per heavy atom. The van der Waals surface area contributed by atoms with Crippen LogP contribution >= 0.6 is 23.2 Å². The van der Waals surface area contributed by atoms with Crippen LogP contribution in [0.1, 0.15) is 11.3 Å². The molecule has 27 heavy (non-hydrogen) atoms. The lowest BCUT2D eigenvalue weighted by Gasteiger charge is -2.18. The normalized spacial score (nSPS) is 10.6. The largest absolute Gasteiger partial charge is 0.805 e. The van der Waals surface area contributed by atoms with Crippen molar-refractivity contribution in [2.75, 3.05) is 7.11 Å². The molecule has 0 fully saturated rings. The Labute approximate surface area is 163 Å². The lowest BCUT2D eigenvalue weighted by Crippen LogP contribution is -2.25. The van der Waals surface area contributed by atoms with Crippen molar-refractivity contribution in [3.8, 4) is 17.3 Å². The van der Waals surface area contributed by atoms with Crippen LogP contribution in [0, 0.1) is 21.4 Å². The molecule has 1 heterocycles. The van der Waals surface area contributed by atoms with E-state index in [4.69, 9.17) is 23.2 Å². The third-order valence-electron chi connectivity index (χ3n) is 3.99. The number of benzene rings is 2. The number of nitriles is 1. The second-order valence-corrected chi connectivity index (χ2v) is 6.42. The van der Waals surface area contributed by atoms with Crippen molar-refractivity contribution < 1.29 is 14.0 Å². The number of halogens is 2. The van der Waals surface area contributed by atoms with Gasteiger partial charge >= 0.3 is 11.7 Å². The maximum absolute atomic E-state index is 12.9. The van der Waals surface area contributed by atoms with Crippen LogP contribution in [0.25, 0.3) is 22.3 Å². The Hall–Kier alpha value is -3.08. The van der Waals surface area contributed by atoms with Crippen molar-refractivity contribution in [2.24, 2.45) is 0 Å². The van der Waals surface area contributed by atoms with Crippen molar-refractivity contribution in [3.63, 3.8) is 0 Å². The van der Waals surface area contributed by atoms with E-state index in [9.17, 15) is 20.2 Å². The number of fused-ring (bicyclic) bond motifs is 1. The average Bonchev–Trinajstić information content (AvgIpc) is 2.66. The molecule has 3 aromatic rings. The van der Waals surface area contributed by atoms with Gasteiger partial charge < -0.3 is 14.7 Å². The molecular formula is C18H11Cl2N3O4. The minimum Gasteiger partial charge on any atom is -0.805 e. The highest BCUT2D eigenvalue weighted by Crippen LogP contribution is 2.30. The number of esters is 1. The van der Waals surface area contributed by atoms with E-state index in [-0.39, 0.29) is 38.9 Å². The van der Waals surface area contributed by atoms with Crippen molar-refractivity contribution >= 4 is 40.2 Å². The van der Waals surface area contributed by atoms with Crippen molar-refractivity contribution in [1.82, 2.24) is 4.73 Å². The summed E-state index contributed by atoms with van der Waals surface area (Å²) in [7, 11) is 1.29. The topological polar surface area (TPSA) is 101 Å². The number of aromatic nitrogens is 2. The number of hydrogen-bond acceptors (Lipinski definition) is 5. The molecule has 0 spiro atoms. The Morgan fingerprint density at radius 2 is 1.89 bits per heavy atom. The Kier molecular flexibility index (Phi) is 5.04. The first-order chi connectivity index (χ1) is 12.9. The van der Waals surface area contributed by atoms with Gasteiger partial charge in [0, 0.05) is 16.5 Å². The highest BCUT2D eigenvalue weighted by molar-refractivity contribution is 6.42. The number of methoxy groups -OCH3 is 1. The van der Waals surface area contributed by atoms with Gasteiger partial charge in [0.05, 0.1) is 28.0 Å². The number of rotatable bonds is 3. The zero-order valence-electron chi connectivity index (χ0n) is 13.9. The Bertz CT molecular complexity index is 1160. The van der Waals surface area contributed by atoms with Gasteiger partial charge in [0.25, 0.3) is 5.52 Å². The van der Waals surface area contributed by atoms with Gasteiger partial charge in [0.15, 0.2) is 6.07 Å². The van der Waals surface area contributed by atoms with E-state index in [1.807, 2.05) is 0 Å². The number of ether oxygens (including phenoxy) is 1. The molecule has 0 aliphatic rings. The van der Waals surface area contributed by atoms with E-state index in [1.54, 1.807) is 30.3 Å². The summed E-state index contributed by atoms with van der Waals surface area (Å²) in [6.07, 6.45) is 0.0621. The monoisotopic (exact) mass is 403 g/mol. The molecule has 0 unspecified atom stereocenters. The second-order valence-electron chi connectivity index (χ2n) is 5.60. The molecule has 0 saturated carbocycles. The maximum atomic E-state index is 12.9. The van der Waals surface area contributed by atoms with E-state index < -0.39 is 5.97 Å². The average molecular weight is 404 g/mol. The SMILES string of the molecule is COC(=O)Cc1ccc(-c2c(C#N)[n+](=O)c3cc(Cl)c(Cl)cc3n2[O-])cc1. The highest BCUT2D eigenvalue weighted by atomic mass is 35.5. The van der Waals surface area contributed by atoms with Gasteiger partial charge in [-0.2, -0.15) is 5.26 Å². The first-order valence-corrected chi connectivity index (χ1v) is 8.37. The van der Waals surface area contributed by atoms with E-state index in [0.29, 0.717) is 20.3 Å². The van der Waals surface area contributed by atoms with Crippen molar-refractivity contribution in [2.45, 2.75) is 6.42 Å². The molecule has 7 nitrogen and oxygen atoms in total. The Balaban J connectivity index is 2.24. The smallest absolute Gasteiger partial charge is 0.363 e. The minimum absolute atomic E-state index is 0.0213. The van der Waals surface area contributed by atoms with E-state index >= 15 is 0 Å². The summed E-state index contributed by atoms with van der Waals surface area (Å²) < 4.78 is 5.43. The van der Waals surface area contributed by atoms with Gasteiger partial charge in [-0.3, -0.25) is 4.79 Å². The molecule has 0 atom stereocenters. The van der Waals surface area contributed by atoms with Gasteiger partial charge in [-0.05, 0) is 11.6 Å². The summed E-state index contributed by atoms with van der Waals surface area (Å²) in [6.45, 7) is 0. The van der Waals surface area contributed by atoms with Crippen LogP contribution in [0.5, 0.6) is 0 Å². The quantitative estimate of drug-likeness (QED) is 0.492. The zero-order valence-corrected chi connectivity index (χ0v) is 15.4. The van der Waals surface area contributed by atoms with Crippen LogP contribution in [0.15, 0.2) is 36.4 Å². The number of nitrogens with zero attached hydrogens (tertiary/aromatic N) is 3. The molecule has 0 bridgehead atoms. The molecule has 3 rings (SSSR count). The standard InChI is InChI=1S/C18H11Cl2N3O4/c1-27-17(24)6-10-2-4-11(5-3-10)18-16(9-21)22(25)14-7-12(19)13(20)8-15(14)23(18)26/h2-5,7-8H,6H2,1H3. The fourth-order valence-electron chi connectivity index (χ4n) is 2.66. The molecule has 0 aliphatic heterocycles. The molecule has 0 amide bonds. The number of hydrogen-bond donors (Lipinski definition) is 0. The van der Waals surface area contributed by atoms with Crippen LogP contribution in [0.3, 0.4) is 0 Å². The van der Waals surface area contributed by atoms with E-state index in [2.05, 4.69) is 4.74 Å². The molecule has 2 aromatic carbocycles. The summed E-state index contributed by atoms with van der Waals surface area (Å²) in [5.74, 6) is -0.408. The predicted octanol–water partition coefficient (Wildman–Crippen LogP) is 3.46. The first kappa shape index (κ1) is 18.7. The van der Waals surface area contributed by atoms with Gasteiger partial charge in [0.1, 0.15) is 11.2 Å².